The maximum absolute atomic E-state index is 12.5. The molecule has 0 saturated heterocycles. The van der Waals surface area contributed by atoms with E-state index in [1.165, 1.54) is 24.3 Å². The quantitative estimate of drug-likeness (QED) is 0.680. The lowest BCUT2D eigenvalue weighted by Crippen LogP contribution is -2.12. The zero-order chi connectivity index (χ0) is 18.7. The highest BCUT2D eigenvalue weighted by molar-refractivity contribution is 7.91. The van der Waals surface area contributed by atoms with Gasteiger partial charge in [0.15, 0.2) is 0 Å². The van der Waals surface area contributed by atoms with Crippen molar-refractivity contribution in [3.8, 4) is 0 Å². The number of anilines is 1. The molecule has 1 heterocycles. The molecular weight excluding hydrogens is 360 g/mol. The fourth-order valence-corrected chi connectivity index (χ4v) is 3.57. The van der Waals surface area contributed by atoms with Crippen molar-refractivity contribution < 1.29 is 17.2 Å². The van der Waals surface area contributed by atoms with Crippen molar-refractivity contribution in [2.75, 3.05) is 11.9 Å². The van der Waals surface area contributed by atoms with Crippen LogP contribution in [0.4, 0.5) is 14.5 Å². The van der Waals surface area contributed by atoms with Gasteiger partial charge in [0.1, 0.15) is 5.82 Å². The van der Waals surface area contributed by atoms with Gasteiger partial charge >= 0.3 is 5.76 Å². The molecule has 1 aromatic heterocycles. The van der Waals surface area contributed by atoms with E-state index in [-0.39, 0.29) is 4.90 Å². The summed E-state index contributed by atoms with van der Waals surface area (Å²) in [5, 5.41) is 3.16. The van der Waals surface area contributed by atoms with E-state index in [9.17, 15) is 17.2 Å². The first-order chi connectivity index (χ1) is 12.4. The second-order valence-corrected chi connectivity index (χ2v) is 7.69. The molecule has 0 aliphatic rings. The molecule has 8 heteroatoms. The molecule has 0 amide bonds. The summed E-state index contributed by atoms with van der Waals surface area (Å²) in [6.45, 7) is 3.47. The number of aromatic nitrogens is 2. The van der Waals surface area contributed by atoms with Gasteiger partial charge in [0.2, 0.25) is 9.84 Å². The second kappa shape index (κ2) is 7.41. The number of para-hydroxylation sites is 2. The lowest BCUT2D eigenvalue weighted by atomic mass is 10.3. The lowest BCUT2D eigenvalue weighted by Gasteiger charge is -2.09. The van der Waals surface area contributed by atoms with E-state index in [4.69, 9.17) is 0 Å². The minimum absolute atomic E-state index is 0.383. The molecule has 138 valence electrons. The Morgan fingerprint density at radius 3 is 2.46 bits per heavy atom. The number of fused-ring (bicyclic) bond motifs is 1. The minimum Gasteiger partial charge on any atom is -0.385 e. The van der Waals surface area contributed by atoms with Gasteiger partial charge in [0, 0.05) is 25.2 Å². The number of imidazole rings is 1. The molecule has 26 heavy (non-hydrogen) atoms. The number of hydrogen-bond donors (Lipinski definition) is 1. The van der Waals surface area contributed by atoms with Gasteiger partial charge < -0.3 is 9.88 Å². The smallest absolute Gasteiger partial charge is 0.341 e. The summed E-state index contributed by atoms with van der Waals surface area (Å²) in [6.07, 6.45) is 0.680. The Labute approximate surface area is 150 Å². The number of aryl methyl sites for hydroxylation is 1. The van der Waals surface area contributed by atoms with Gasteiger partial charge in [-0.1, -0.05) is 12.1 Å². The van der Waals surface area contributed by atoms with Gasteiger partial charge in [-0.3, -0.25) is 0 Å². The fourth-order valence-electron chi connectivity index (χ4n) is 2.85. The number of alkyl halides is 2. The van der Waals surface area contributed by atoms with Crippen molar-refractivity contribution in [3.63, 3.8) is 0 Å². The third-order valence-electron chi connectivity index (χ3n) is 4.14. The van der Waals surface area contributed by atoms with Crippen LogP contribution in [-0.4, -0.2) is 30.3 Å². The molecule has 0 saturated carbocycles. The number of halogens is 2. The summed E-state index contributed by atoms with van der Waals surface area (Å²) in [6, 6.07) is 13.3. The van der Waals surface area contributed by atoms with E-state index in [1.807, 2.05) is 24.3 Å². The first-order valence-corrected chi connectivity index (χ1v) is 9.78. The highest BCUT2D eigenvalue weighted by atomic mass is 32.2. The molecule has 0 spiro atoms. The number of benzene rings is 2. The van der Waals surface area contributed by atoms with Gasteiger partial charge in [-0.2, -0.15) is 8.78 Å². The van der Waals surface area contributed by atoms with E-state index in [2.05, 4.69) is 21.8 Å². The van der Waals surface area contributed by atoms with Gasteiger partial charge in [-0.25, -0.2) is 13.4 Å². The van der Waals surface area contributed by atoms with Gasteiger partial charge in [-0.15, -0.1) is 0 Å². The van der Waals surface area contributed by atoms with Crippen LogP contribution in [0.25, 0.3) is 11.0 Å². The van der Waals surface area contributed by atoms with Crippen LogP contribution in [0.2, 0.25) is 0 Å². The Balaban J connectivity index is 1.67. The normalized spacial score (nSPS) is 12.0. The van der Waals surface area contributed by atoms with Crippen LogP contribution in [0.3, 0.4) is 0 Å². The summed E-state index contributed by atoms with van der Waals surface area (Å²) >= 11 is 0. The van der Waals surface area contributed by atoms with Crippen LogP contribution in [0.5, 0.6) is 0 Å². The van der Waals surface area contributed by atoms with Gasteiger partial charge in [0.05, 0.1) is 15.9 Å². The Morgan fingerprint density at radius 1 is 1.12 bits per heavy atom. The highest BCUT2D eigenvalue weighted by Gasteiger charge is 2.26. The Hall–Kier alpha value is -2.48. The van der Waals surface area contributed by atoms with Crippen LogP contribution in [0, 0.1) is 0 Å². The minimum atomic E-state index is -4.56. The van der Waals surface area contributed by atoms with Crippen molar-refractivity contribution in [2.45, 2.75) is 30.5 Å². The van der Waals surface area contributed by atoms with Crippen molar-refractivity contribution in [1.82, 2.24) is 9.55 Å². The Morgan fingerprint density at radius 2 is 1.81 bits per heavy atom. The van der Waals surface area contributed by atoms with Crippen molar-refractivity contribution in [1.29, 1.82) is 0 Å². The van der Waals surface area contributed by atoms with Crippen molar-refractivity contribution >= 4 is 26.6 Å². The van der Waals surface area contributed by atoms with Crippen LogP contribution in [-0.2, 0) is 22.8 Å². The molecule has 0 aliphatic heterocycles. The van der Waals surface area contributed by atoms with E-state index in [0.29, 0.717) is 18.7 Å². The molecule has 0 fully saturated rings. The summed E-state index contributed by atoms with van der Waals surface area (Å²) in [4.78, 5) is 4.26. The molecule has 3 aromatic rings. The monoisotopic (exact) mass is 379 g/mol. The fraction of sp³-hybridized carbons (Fsp3) is 0.278. The van der Waals surface area contributed by atoms with Crippen LogP contribution in [0.1, 0.15) is 12.7 Å². The first kappa shape index (κ1) is 18.3. The molecule has 5 nitrogen and oxygen atoms in total. The third-order valence-corrected chi connectivity index (χ3v) is 5.54. The molecule has 0 radical (unpaired) electrons. The average Bonchev–Trinajstić information content (AvgIpc) is 2.99. The standard InChI is InChI=1S/C18H19F2N3O2S/c1-2-23-16-6-4-3-5-15(16)22-17(23)11-12-21-13-7-9-14(10-8-13)26(24,25)18(19)20/h3-10,18,21H,2,11-12H2,1H3. The van der Waals surface area contributed by atoms with Gasteiger partial charge in [-0.05, 0) is 43.3 Å². The molecule has 0 unspecified atom stereocenters. The average molecular weight is 379 g/mol. The van der Waals surface area contributed by atoms with Gasteiger partial charge in [0.25, 0.3) is 0 Å². The zero-order valence-electron chi connectivity index (χ0n) is 14.2. The molecule has 1 N–H and O–H groups in total. The summed E-state index contributed by atoms with van der Waals surface area (Å²) in [7, 11) is -4.56. The number of rotatable bonds is 7. The van der Waals surface area contributed by atoms with E-state index in [0.717, 1.165) is 23.4 Å². The summed E-state index contributed by atoms with van der Waals surface area (Å²) in [5.74, 6) is -2.46. The second-order valence-electron chi connectivity index (χ2n) is 5.77. The number of hydrogen-bond acceptors (Lipinski definition) is 4. The Bertz CT molecular complexity index is 999. The maximum atomic E-state index is 12.5. The topological polar surface area (TPSA) is 64.0 Å². The van der Waals surface area contributed by atoms with Crippen LogP contribution in [0.15, 0.2) is 53.4 Å². The summed E-state index contributed by atoms with van der Waals surface area (Å²) in [5.41, 5.74) is 2.70. The molecule has 2 aromatic carbocycles. The maximum Gasteiger partial charge on any atom is 0.341 e. The van der Waals surface area contributed by atoms with Crippen molar-refractivity contribution in [2.24, 2.45) is 0 Å². The highest BCUT2D eigenvalue weighted by Crippen LogP contribution is 2.20. The largest absolute Gasteiger partial charge is 0.385 e. The predicted molar refractivity (Wildman–Crippen MR) is 97.2 cm³/mol. The summed E-state index contributed by atoms with van der Waals surface area (Å²) < 4.78 is 50.1. The molecular formula is C18H19F2N3O2S. The Kier molecular flexibility index (Phi) is 5.22. The SMILES string of the molecule is CCn1c(CCNc2ccc(S(=O)(=O)C(F)F)cc2)nc2ccccc21. The lowest BCUT2D eigenvalue weighted by molar-refractivity contribution is 0.234. The number of sulfone groups is 1. The zero-order valence-corrected chi connectivity index (χ0v) is 15.0. The predicted octanol–water partition coefficient (Wildman–Crippen LogP) is 3.71. The van der Waals surface area contributed by atoms with E-state index >= 15 is 0 Å². The number of nitrogens with one attached hydrogen (secondary N) is 1. The molecule has 0 atom stereocenters. The first-order valence-electron chi connectivity index (χ1n) is 8.23. The molecule has 3 rings (SSSR count). The van der Waals surface area contributed by atoms with Crippen LogP contribution < -0.4 is 5.32 Å². The van der Waals surface area contributed by atoms with E-state index < -0.39 is 15.6 Å². The number of nitrogens with zero attached hydrogens (tertiary/aromatic N) is 2. The molecule has 0 bridgehead atoms. The van der Waals surface area contributed by atoms with Crippen molar-refractivity contribution in [3.05, 3.63) is 54.4 Å². The third kappa shape index (κ3) is 3.55. The van der Waals surface area contributed by atoms with Crippen LogP contribution >= 0.6 is 0 Å². The van der Waals surface area contributed by atoms with E-state index in [1.54, 1.807) is 0 Å². The molecule has 0 aliphatic carbocycles.